The van der Waals surface area contributed by atoms with Gasteiger partial charge in [-0.3, -0.25) is 0 Å². The van der Waals surface area contributed by atoms with E-state index in [0.717, 1.165) is 19.6 Å². The van der Waals surface area contributed by atoms with Crippen LogP contribution >= 0.6 is 0 Å². The van der Waals surface area contributed by atoms with Gasteiger partial charge in [-0.05, 0) is 44.5 Å². The lowest BCUT2D eigenvalue weighted by Crippen LogP contribution is -2.42. The van der Waals surface area contributed by atoms with E-state index in [2.05, 4.69) is 76.1 Å². The molecule has 0 heterocycles. The van der Waals surface area contributed by atoms with Gasteiger partial charge >= 0.3 is 0 Å². The second kappa shape index (κ2) is 7.80. The number of aryl methyl sites for hydroxylation is 1. The molecule has 1 aromatic carbocycles. The minimum Gasteiger partial charge on any atom is -0.314 e. The Labute approximate surface area is 125 Å². The summed E-state index contributed by atoms with van der Waals surface area (Å²) in [6, 6.07) is 9.43. The molecule has 0 saturated heterocycles. The van der Waals surface area contributed by atoms with Crippen molar-refractivity contribution in [3.8, 4) is 0 Å². The van der Waals surface area contributed by atoms with Gasteiger partial charge in [0.1, 0.15) is 0 Å². The van der Waals surface area contributed by atoms with Gasteiger partial charge in [-0.1, -0.05) is 57.5 Å². The van der Waals surface area contributed by atoms with Crippen molar-refractivity contribution in [2.24, 2.45) is 5.41 Å². The van der Waals surface area contributed by atoms with Gasteiger partial charge in [-0.25, -0.2) is 0 Å². The average molecular weight is 276 g/mol. The molecule has 114 valence electrons. The molecule has 0 amide bonds. The maximum absolute atomic E-state index is 3.62. The zero-order valence-corrected chi connectivity index (χ0v) is 14.2. The van der Waals surface area contributed by atoms with Gasteiger partial charge in [-0.15, -0.1) is 0 Å². The Hall–Kier alpha value is -0.860. The summed E-state index contributed by atoms with van der Waals surface area (Å²) in [7, 11) is 2.21. The van der Waals surface area contributed by atoms with Crippen LogP contribution in [0, 0.1) is 12.3 Å². The smallest absolute Gasteiger partial charge is 0.0230 e. The largest absolute Gasteiger partial charge is 0.314 e. The van der Waals surface area contributed by atoms with Crippen LogP contribution in [0.1, 0.15) is 45.2 Å². The van der Waals surface area contributed by atoms with Crippen LogP contribution in [0.25, 0.3) is 0 Å². The fourth-order valence-electron chi connectivity index (χ4n) is 2.52. The SMILES string of the molecule is CCNC(CCN(C)Cc1ccc(C)cc1)C(C)(C)C. The van der Waals surface area contributed by atoms with Crippen LogP contribution in [0.3, 0.4) is 0 Å². The normalized spacial score (nSPS) is 13.8. The molecule has 2 nitrogen and oxygen atoms in total. The third-order valence-electron chi connectivity index (χ3n) is 3.87. The van der Waals surface area contributed by atoms with Crippen molar-refractivity contribution in [1.29, 1.82) is 0 Å². The summed E-state index contributed by atoms with van der Waals surface area (Å²) in [5.74, 6) is 0. The summed E-state index contributed by atoms with van der Waals surface area (Å²) in [5, 5.41) is 3.62. The molecule has 0 radical (unpaired) electrons. The lowest BCUT2D eigenvalue weighted by molar-refractivity contribution is 0.221. The summed E-state index contributed by atoms with van der Waals surface area (Å²) < 4.78 is 0. The monoisotopic (exact) mass is 276 g/mol. The maximum atomic E-state index is 3.62. The summed E-state index contributed by atoms with van der Waals surface area (Å²) in [6.45, 7) is 14.5. The van der Waals surface area contributed by atoms with Crippen LogP contribution in [0.4, 0.5) is 0 Å². The van der Waals surface area contributed by atoms with Crippen LogP contribution in [0.5, 0.6) is 0 Å². The quantitative estimate of drug-likeness (QED) is 0.814. The summed E-state index contributed by atoms with van der Waals surface area (Å²) in [5.41, 5.74) is 3.05. The van der Waals surface area contributed by atoms with E-state index in [9.17, 15) is 0 Å². The molecule has 1 atom stereocenters. The Bertz CT molecular complexity index is 375. The molecule has 1 aromatic rings. The van der Waals surface area contributed by atoms with Crippen molar-refractivity contribution < 1.29 is 0 Å². The van der Waals surface area contributed by atoms with Crippen LogP contribution in [0.2, 0.25) is 0 Å². The minimum atomic E-state index is 0.320. The van der Waals surface area contributed by atoms with Crippen molar-refractivity contribution in [2.45, 2.75) is 53.6 Å². The second-order valence-electron chi connectivity index (χ2n) is 6.99. The van der Waals surface area contributed by atoms with E-state index >= 15 is 0 Å². The van der Waals surface area contributed by atoms with E-state index in [1.165, 1.54) is 17.5 Å². The van der Waals surface area contributed by atoms with Crippen molar-refractivity contribution in [3.63, 3.8) is 0 Å². The van der Waals surface area contributed by atoms with Gasteiger partial charge in [-0.2, -0.15) is 0 Å². The molecule has 0 aliphatic heterocycles. The highest BCUT2D eigenvalue weighted by molar-refractivity contribution is 5.21. The fourth-order valence-corrected chi connectivity index (χ4v) is 2.52. The highest BCUT2D eigenvalue weighted by atomic mass is 15.1. The first-order chi connectivity index (χ1) is 9.32. The highest BCUT2D eigenvalue weighted by Crippen LogP contribution is 2.22. The van der Waals surface area contributed by atoms with Crippen LogP contribution in [-0.2, 0) is 6.54 Å². The van der Waals surface area contributed by atoms with Gasteiger partial charge in [0.2, 0.25) is 0 Å². The van der Waals surface area contributed by atoms with Crippen molar-refractivity contribution in [3.05, 3.63) is 35.4 Å². The first kappa shape index (κ1) is 17.2. The molecule has 2 heteroatoms. The van der Waals surface area contributed by atoms with E-state index in [-0.39, 0.29) is 0 Å². The first-order valence-corrected chi connectivity index (χ1v) is 7.80. The van der Waals surface area contributed by atoms with Crippen molar-refractivity contribution in [1.82, 2.24) is 10.2 Å². The van der Waals surface area contributed by atoms with Gasteiger partial charge in [0.15, 0.2) is 0 Å². The number of hydrogen-bond donors (Lipinski definition) is 1. The van der Waals surface area contributed by atoms with Gasteiger partial charge in [0.05, 0.1) is 0 Å². The molecule has 0 aromatic heterocycles. The van der Waals surface area contributed by atoms with Crippen molar-refractivity contribution in [2.75, 3.05) is 20.1 Å². The van der Waals surface area contributed by atoms with Crippen LogP contribution in [0.15, 0.2) is 24.3 Å². The van der Waals surface area contributed by atoms with Crippen LogP contribution < -0.4 is 5.32 Å². The molecule has 0 saturated carbocycles. The first-order valence-electron chi connectivity index (χ1n) is 7.80. The molecule has 0 spiro atoms. The summed E-state index contributed by atoms with van der Waals surface area (Å²) in [6.07, 6.45) is 1.19. The fraction of sp³-hybridized carbons (Fsp3) is 0.667. The number of hydrogen-bond acceptors (Lipinski definition) is 2. The topological polar surface area (TPSA) is 15.3 Å². The zero-order valence-electron chi connectivity index (χ0n) is 14.2. The molecule has 0 fully saturated rings. The lowest BCUT2D eigenvalue weighted by Gasteiger charge is -2.33. The Morgan fingerprint density at radius 1 is 1.15 bits per heavy atom. The number of rotatable bonds is 7. The Kier molecular flexibility index (Phi) is 6.70. The zero-order chi connectivity index (χ0) is 15.2. The predicted molar refractivity (Wildman–Crippen MR) is 89.0 cm³/mol. The molecular formula is C18H32N2. The Morgan fingerprint density at radius 2 is 1.75 bits per heavy atom. The minimum absolute atomic E-state index is 0.320. The molecule has 1 unspecified atom stereocenters. The van der Waals surface area contributed by atoms with Gasteiger partial charge < -0.3 is 10.2 Å². The molecule has 1 rings (SSSR count). The number of nitrogens with zero attached hydrogens (tertiary/aromatic N) is 1. The van der Waals surface area contributed by atoms with E-state index in [0.29, 0.717) is 11.5 Å². The molecule has 0 aliphatic carbocycles. The van der Waals surface area contributed by atoms with E-state index in [1.807, 2.05) is 0 Å². The van der Waals surface area contributed by atoms with Gasteiger partial charge in [0, 0.05) is 12.6 Å². The highest BCUT2D eigenvalue weighted by Gasteiger charge is 2.23. The van der Waals surface area contributed by atoms with E-state index in [1.54, 1.807) is 0 Å². The van der Waals surface area contributed by atoms with Crippen molar-refractivity contribution >= 4 is 0 Å². The third kappa shape index (κ3) is 6.06. The Morgan fingerprint density at radius 3 is 2.25 bits per heavy atom. The second-order valence-corrected chi connectivity index (χ2v) is 6.99. The van der Waals surface area contributed by atoms with Crippen LogP contribution in [-0.4, -0.2) is 31.1 Å². The molecule has 1 N–H and O–H groups in total. The third-order valence-corrected chi connectivity index (χ3v) is 3.87. The number of benzene rings is 1. The molecule has 0 bridgehead atoms. The summed E-state index contributed by atoms with van der Waals surface area (Å²) in [4.78, 5) is 2.42. The van der Waals surface area contributed by atoms with E-state index in [4.69, 9.17) is 0 Å². The van der Waals surface area contributed by atoms with Gasteiger partial charge in [0.25, 0.3) is 0 Å². The maximum Gasteiger partial charge on any atom is 0.0230 e. The molecular weight excluding hydrogens is 244 g/mol. The average Bonchev–Trinajstić information content (AvgIpc) is 2.36. The molecule has 0 aliphatic rings. The Balaban J connectivity index is 2.45. The lowest BCUT2D eigenvalue weighted by atomic mass is 9.84. The molecule has 20 heavy (non-hydrogen) atoms. The van der Waals surface area contributed by atoms with E-state index < -0.39 is 0 Å². The number of nitrogens with one attached hydrogen (secondary N) is 1. The summed E-state index contributed by atoms with van der Waals surface area (Å²) >= 11 is 0. The standard InChI is InChI=1S/C18H32N2/c1-7-19-17(18(3,4)5)12-13-20(6)14-16-10-8-15(2)9-11-16/h8-11,17,19H,7,12-14H2,1-6H3. The predicted octanol–water partition coefficient (Wildman–Crippen LogP) is 3.84.